The second-order valence-corrected chi connectivity index (χ2v) is 9.32. The highest BCUT2D eigenvalue weighted by Crippen LogP contribution is 2.26. The first-order valence-corrected chi connectivity index (χ1v) is 11.5. The van der Waals surface area contributed by atoms with E-state index in [4.69, 9.17) is 9.73 Å². The first-order chi connectivity index (χ1) is 12.6. The van der Waals surface area contributed by atoms with Gasteiger partial charge in [-0.3, -0.25) is 4.21 Å². The van der Waals surface area contributed by atoms with Gasteiger partial charge in [-0.15, -0.1) is 24.0 Å². The lowest BCUT2D eigenvalue weighted by Crippen LogP contribution is -2.46. The van der Waals surface area contributed by atoms with Gasteiger partial charge in [0.25, 0.3) is 0 Å². The van der Waals surface area contributed by atoms with Crippen LogP contribution in [0.5, 0.6) is 5.75 Å². The highest BCUT2D eigenvalue weighted by molar-refractivity contribution is 14.0. The summed E-state index contributed by atoms with van der Waals surface area (Å²) in [6.45, 7) is 5.48. The lowest BCUT2D eigenvalue weighted by atomic mass is 9.95. The van der Waals surface area contributed by atoms with Crippen LogP contribution < -0.4 is 15.4 Å². The highest BCUT2D eigenvalue weighted by atomic mass is 127. The van der Waals surface area contributed by atoms with Gasteiger partial charge in [0.2, 0.25) is 0 Å². The molecule has 1 fully saturated rings. The van der Waals surface area contributed by atoms with E-state index in [2.05, 4.69) is 33.5 Å². The molecule has 1 aliphatic carbocycles. The Bertz CT molecular complexity index is 645. The molecule has 8 heteroatoms. The highest BCUT2D eigenvalue weighted by Gasteiger charge is 2.26. The molecule has 1 aliphatic rings. The van der Waals surface area contributed by atoms with E-state index in [1.807, 2.05) is 25.1 Å². The number of hydrogen-bond donors (Lipinski definition) is 2. The fraction of sp³-hybridized carbons (Fsp3) is 0.632. The molecule has 1 aromatic rings. The summed E-state index contributed by atoms with van der Waals surface area (Å²) in [5, 5.41) is 7.17. The molecule has 0 aliphatic heterocycles. The molecule has 3 unspecified atom stereocenters. The molecule has 0 bridgehead atoms. The number of benzene rings is 1. The van der Waals surface area contributed by atoms with Crippen molar-refractivity contribution in [3.63, 3.8) is 0 Å². The number of halogens is 2. The average Bonchev–Trinajstić information content (AvgIpc) is 2.66. The van der Waals surface area contributed by atoms with Crippen LogP contribution in [0.3, 0.4) is 0 Å². The van der Waals surface area contributed by atoms with Crippen LogP contribution >= 0.6 is 39.9 Å². The van der Waals surface area contributed by atoms with Crippen molar-refractivity contribution >= 4 is 56.7 Å². The standard InChI is InChI=1S/C19H30BrN3O2S.HI/c1-4-21-19(22-13-14-9-10-18(25-3)17(20)11-14)23-15-7-6-8-16(12-15)26(24)5-2;/h9-11,15-16H,4-8,12-13H2,1-3H3,(H2,21,22,23);1H. The second-order valence-electron chi connectivity index (χ2n) is 6.46. The molecular formula is C19H31BrIN3O2S. The normalized spacial score (nSPS) is 21.1. The van der Waals surface area contributed by atoms with Gasteiger partial charge in [0.15, 0.2) is 5.96 Å². The van der Waals surface area contributed by atoms with E-state index in [-0.39, 0.29) is 24.0 Å². The van der Waals surface area contributed by atoms with Crippen LogP contribution in [0, 0.1) is 0 Å². The smallest absolute Gasteiger partial charge is 0.191 e. The van der Waals surface area contributed by atoms with Gasteiger partial charge in [-0.1, -0.05) is 19.4 Å². The Kier molecular flexibility index (Phi) is 11.9. The molecular weight excluding hydrogens is 541 g/mol. The van der Waals surface area contributed by atoms with E-state index in [1.54, 1.807) is 7.11 Å². The van der Waals surface area contributed by atoms with Gasteiger partial charge >= 0.3 is 0 Å². The zero-order chi connectivity index (χ0) is 18.9. The molecule has 1 saturated carbocycles. The molecule has 0 radical (unpaired) electrons. The molecule has 2 rings (SSSR count). The van der Waals surface area contributed by atoms with Gasteiger partial charge in [-0.05, 0) is 59.8 Å². The van der Waals surface area contributed by atoms with E-state index in [0.29, 0.717) is 17.8 Å². The van der Waals surface area contributed by atoms with Crippen molar-refractivity contribution in [1.29, 1.82) is 0 Å². The van der Waals surface area contributed by atoms with Crippen LogP contribution in [0.15, 0.2) is 27.7 Å². The summed E-state index contributed by atoms with van der Waals surface area (Å²) in [7, 11) is 0.951. The number of hydrogen-bond acceptors (Lipinski definition) is 3. The minimum atomic E-state index is -0.709. The molecule has 0 spiro atoms. The van der Waals surface area contributed by atoms with Crippen LogP contribution in [0.1, 0.15) is 45.1 Å². The lowest BCUT2D eigenvalue weighted by Gasteiger charge is -2.30. The molecule has 2 N–H and O–H groups in total. The number of nitrogens with zero attached hydrogens (tertiary/aromatic N) is 1. The van der Waals surface area contributed by atoms with Gasteiger partial charge < -0.3 is 15.4 Å². The molecule has 0 heterocycles. The summed E-state index contributed by atoms with van der Waals surface area (Å²) in [5.74, 6) is 2.39. The van der Waals surface area contributed by atoms with Crippen LogP contribution in [-0.2, 0) is 17.3 Å². The van der Waals surface area contributed by atoms with Gasteiger partial charge in [0.1, 0.15) is 5.75 Å². The maximum absolute atomic E-state index is 12.1. The average molecular weight is 572 g/mol. The van der Waals surface area contributed by atoms with Crippen LogP contribution in [0.2, 0.25) is 0 Å². The summed E-state index contributed by atoms with van der Waals surface area (Å²) < 4.78 is 18.3. The van der Waals surface area contributed by atoms with E-state index in [9.17, 15) is 4.21 Å². The van der Waals surface area contributed by atoms with Crippen LogP contribution in [0.25, 0.3) is 0 Å². The Morgan fingerprint density at radius 2 is 2.15 bits per heavy atom. The quantitative estimate of drug-likeness (QED) is 0.292. The Morgan fingerprint density at radius 1 is 1.37 bits per heavy atom. The summed E-state index contributed by atoms with van der Waals surface area (Å²) in [6.07, 6.45) is 4.26. The number of ether oxygens (including phenoxy) is 1. The minimum absolute atomic E-state index is 0. The zero-order valence-corrected chi connectivity index (χ0v) is 21.0. The number of aliphatic imine (C=N–C) groups is 1. The molecule has 0 saturated heterocycles. The van der Waals surface area contributed by atoms with E-state index < -0.39 is 10.8 Å². The Labute approximate surface area is 191 Å². The third-order valence-electron chi connectivity index (χ3n) is 4.60. The third kappa shape index (κ3) is 7.89. The number of rotatable bonds is 7. The van der Waals surface area contributed by atoms with Crippen molar-refractivity contribution < 1.29 is 8.95 Å². The Hall–Kier alpha value is -0.350. The van der Waals surface area contributed by atoms with Crippen molar-refractivity contribution in [2.45, 2.75) is 57.4 Å². The van der Waals surface area contributed by atoms with Crippen LogP contribution in [-0.4, -0.2) is 40.9 Å². The number of nitrogens with one attached hydrogen (secondary N) is 2. The van der Waals surface area contributed by atoms with Gasteiger partial charge in [-0.2, -0.15) is 0 Å². The fourth-order valence-electron chi connectivity index (χ4n) is 3.24. The SMILES string of the molecule is CCNC(=NCc1ccc(OC)c(Br)c1)NC1CCCC(S(=O)CC)C1.I. The molecule has 0 aromatic heterocycles. The first kappa shape index (κ1) is 24.7. The lowest BCUT2D eigenvalue weighted by molar-refractivity contribution is 0.412. The molecule has 27 heavy (non-hydrogen) atoms. The molecule has 154 valence electrons. The zero-order valence-electron chi connectivity index (χ0n) is 16.3. The Morgan fingerprint density at radius 3 is 2.78 bits per heavy atom. The monoisotopic (exact) mass is 571 g/mol. The maximum atomic E-state index is 12.1. The van der Waals surface area contributed by atoms with E-state index >= 15 is 0 Å². The summed E-state index contributed by atoms with van der Waals surface area (Å²) in [5.41, 5.74) is 1.11. The predicted octanol–water partition coefficient (Wildman–Crippen LogP) is 4.21. The van der Waals surface area contributed by atoms with Crippen molar-refractivity contribution in [2.24, 2.45) is 4.99 Å². The number of methoxy groups -OCH3 is 1. The molecule has 0 amide bonds. The fourth-order valence-corrected chi connectivity index (χ4v) is 5.18. The maximum Gasteiger partial charge on any atom is 0.191 e. The molecule has 1 aromatic carbocycles. The van der Waals surface area contributed by atoms with Crippen molar-refractivity contribution in [3.8, 4) is 5.75 Å². The minimum Gasteiger partial charge on any atom is -0.496 e. The van der Waals surface area contributed by atoms with E-state index in [1.165, 1.54) is 0 Å². The van der Waals surface area contributed by atoms with Crippen molar-refractivity contribution in [2.75, 3.05) is 19.4 Å². The predicted molar refractivity (Wildman–Crippen MR) is 129 cm³/mol. The van der Waals surface area contributed by atoms with Gasteiger partial charge in [-0.25, -0.2) is 4.99 Å². The second kappa shape index (κ2) is 13.0. The Balaban J connectivity index is 0.00000364. The van der Waals surface area contributed by atoms with Crippen molar-refractivity contribution in [1.82, 2.24) is 10.6 Å². The van der Waals surface area contributed by atoms with Crippen molar-refractivity contribution in [3.05, 3.63) is 28.2 Å². The summed E-state index contributed by atoms with van der Waals surface area (Å²) in [4.78, 5) is 4.72. The molecule has 5 nitrogen and oxygen atoms in total. The largest absolute Gasteiger partial charge is 0.496 e. The van der Waals surface area contributed by atoms with E-state index in [0.717, 1.165) is 59.7 Å². The first-order valence-electron chi connectivity index (χ1n) is 9.31. The summed E-state index contributed by atoms with van der Waals surface area (Å²) >= 11 is 3.52. The third-order valence-corrected chi connectivity index (χ3v) is 6.96. The van der Waals surface area contributed by atoms with Gasteiger partial charge in [0, 0.05) is 34.4 Å². The van der Waals surface area contributed by atoms with Crippen LogP contribution in [0.4, 0.5) is 0 Å². The van der Waals surface area contributed by atoms with Gasteiger partial charge in [0.05, 0.1) is 18.1 Å². The topological polar surface area (TPSA) is 62.7 Å². The number of guanidine groups is 1. The summed E-state index contributed by atoms with van der Waals surface area (Å²) in [6, 6.07) is 6.34. The molecule has 3 atom stereocenters.